The van der Waals surface area contributed by atoms with Crippen molar-refractivity contribution in [2.75, 3.05) is 5.32 Å². The van der Waals surface area contributed by atoms with Crippen LogP contribution in [0.2, 0.25) is 0 Å². The van der Waals surface area contributed by atoms with Crippen LogP contribution in [0.4, 0.5) is 5.69 Å². The lowest BCUT2D eigenvalue weighted by Gasteiger charge is -2.61. The molecule has 0 unspecified atom stereocenters. The number of rotatable bonds is 12. The van der Waals surface area contributed by atoms with Crippen LogP contribution >= 0.6 is 0 Å². The molecule has 0 radical (unpaired) electrons. The molecule has 0 spiro atoms. The number of anilines is 1. The average Bonchev–Trinajstić information content (AvgIpc) is 3.35. The molecule has 3 aliphatic carbocycles. The lowest BCUT2D eigenvalue weighted by atomic mass is 9.50. The number of nitrogens with one attached hydrogen (secondary N) is 3. The summed E-state index contributed by atoms with van der Waals surface area (Å²) in [5.41, 5.74) is -0.104. The Morgan fingerprint density at radius 1 is 1.07 bits per heavy atom. The molecule has 2 heterocycles. The second-order valence-corrected chi connectivity index (χ2v) is 10.7. The van der Waals surface area contributed by atoms with Crippen molar-refractivity contribution >= 4 is 29.2 Å². The third-order valence-electron chi connectivity index (χ3n) is 7.63. The lowest BCUT2D eigenvalue weighted by molar-refractivity contribution is -0.133. The van der Waals surface area contributed by atoms with E-state index in [-0.39, 0.29) is 41.7 Å². The molecule has 11 heteroatoms. The summed E-state index contributed by atoms with van der Waals surface area (Å²) in [6.07, 6.45) is 11.1. The van der Waals surface area contributed by atoms with E-state index in [0.29, 0.717) is 17.9 Å². The van der Waals surface area contributed by atoms with Crippen LogP contribution in [0, 0.1) is 5.92 Å². The minimum Gasteiger partial charge on any atom is -0.349 e. The molecule has 3 aliphatic rings. The molecule has 3 aromatic rings. The first-order valence-electron chi connectivity index (χ1n) is 13.6. The van der Waals surface area contributed by atoms with Gasteiger partial charge in [0.15, 0.2) is 11.6 Å². The molecule has 3 amide bonds. The van der Waals surface area contributed by atoms with E-state index < -0.39 is 23.4 Å². The van der Waals surface area contributed by atoms with Crippen molar-refractivity contribution in [1.29, 1.82) is 0 Å². The van der Waals surface area contributed by atoms with Gasteiger partial charge in [0, 0.05) is 36.7 Å². The van der Waals surface area contributed by atoms with E-state index >= 15 is 0 Å². The number of nitrogens with zero attached hydrogens (tertiary/aromatic N) is 3. The number of ketones is 1. The zero-order valence-corrected chi connectivity index (χ0v) is 22.7. The van der Waals surface area contributed by atoms with E-state index in [1.54, 1.807) is 49.7 Å². The van der Waals surface area contributed by atoms with Gasteiger partial charge in [-0.25, -0.2) is 4.98 Å². The molecule has 1 aromatic carbocycles. The minimum atomic E-state index is -1.03. The van der Waals surface area contributed by atoms with E-state index in [1.807, 2.05) is 6.07 Å². The number of amides is 3. The van der Waals surface area contributed by atoms with Crippen molar-refractivity contribution in [2.45, 2.75) is 50.2 Å². The molecule has 41 heavy (non-hydrogen) atoms. The fraction of sp³-hybridized carbons (Fsp3) is 0.333. The van der Waals surface area contributed by atoms with Crippen molar-refractivity contribution in [2.24, 2.45) is 13.0 Å². The highest BCUT2D eigenvalue weighted by molar-refractivity contribution is 6.04. The number of carbonyl (C=O) groups is 4. The number of carbonyl (C=O) groups excluding carboxylic acids is 4. The Hall–Kier alpha value is -4.80. The number of benzene rings is 1. The predicted octanol–water partition coefficient (Wildman–Crippen LogP) is 2.21. The number of hydrogen-bond donors (Lipinski definition) is 3. The first kappa shape index (κ1) is 27.8. The van der Waals surface area contributed by atoms with Crippen LogP contribution in [0.25, 0.3) is 0 Å². The largest absolute Gasteiger partial charge is 0.349 e. The minimum absolute atomic E-state index is 0.0122. The highest BCUT2D eigenvalue weighted by atomic mass is 16.2. The molecule has 3 saturated carbocycles. The van der Waals surface area contributed by atoms with Crippen LogP contribution in [0.1, 0.15) is 53.1 Å². The quantitative estimate of drug-likeness (QED) is 0.231. The van der Waals surface area contributed by atoms with Gasteiger partial charge in [0.25, 0.3) is 11.5 Å². The number of pyridine rings is 1. The predicted molar refractivity (Wildman–Crippen MR) is 151 cm³/mol. The maximum absolute atomic E-state index is 13.3. The molecule has 0 saturated heterocycles. The van der Waals surface area contributed by atoms with Gasteiger partial charge in [-0.1, -0.05) is 36.4 Å². The Morgan fingerprint density at radius 2 is 1.83 bits per heavy atom. The summed E-state index contributed by atoms with van der Waals surface area (Å²) in [5, 5.41) is 8.32. The monoisotopic (exact) mass is 556 g/mol. The van der Waals surface area contributed by atoms with Crippen molar-refractivity contribution in [3.8, 4) is 0 Å². The van der Waals surface area contributed by atoms with Gasteiger partial charge in [-0.05, 0) is 56.2 Å². The molecule has 3 N–H and O–H groups in total. The molecular weight excluding hydrogens is 524 g/mol. The number of imidazole rings is 1. The number of allylic oxidation sites excluding steroid dienone is 2. The van der Waals surface area contributed by atoms with Crippen LogP contribution in [0.15, 0.2) is 78.0 Å². The van der Waals surface area contributed by atoms with Crippen LogP contribution < -0.4 is 21.5 Å². The number of hydrogen-bond acceptors (Lipinski definition) is 6. The van der Waals surface area contributed by atoms with E-state index in [2.05, 4.69) is 20.9 Å². The average molecular weight is 557 g/mol. The molecule has 3 fully saturated rings. The Morgan fingerprint density at radius 3 is 2.49 bits per heavy atom. The number of aromatic nitrogens is 3. The summed E-state index contributed by atoms with van der Waals surface area (Å²) in [4.78, 5) is 68.2. The van der Waals surface area contributed by atoms with Crippen LogP contribution in [-0.2, 0) is 23.2 Å². The molecule has 0 aliphatic heterocycles. The Labute approximate surface area is 236 Å². The van der Waals surface area contributed by atoms with Gasteiger partial charge in [-0.3, -0.25) is 24.0 Å². The zero-order valence-electron chi connectivity index (χ0n) is 22.7. The van der Waals surface area contributed by atoms with Crippen molar-refractivity contribution in [3.63, 3.8) is 0 Å². The van der Waals surface area contributed by atoms with Gasteiger partial charge in [-0.2, -0.15) is 0 Å². The van der Waals surface area contributed by atoms with E-state index in [0.717, 1.165) is 19.3 Å². The van der Waals surface area contributed by atoms with Gasteiger partial charge in [0.1, 0.15) is 18.3 Å². The Bertz CT molecular complexity index is 1540. The number of aryl methyl sites for hydroxylation is 1. The summed E-state index contributed by atoms with van der Waals surface area (Å²) in [7, 11) is 1.66. The molecular formula is C30H32N6O5. The van der Waals surface area contributed by atoms with Gasteiger partial charge in [0.2, 0.25) is 11.8 Å². The van der Waals surface area contributed by atoms with Gasteiger partial charge in [0.05, 0.1) is 0 Å². The fourth-order valence-electron chi connectivity index (χ4n) is 5.33. The SMILES string of the molecule is Cn1ccnc1C(=O)N[C@@H](CC/C=C/C(=O)c1ccccc1)C(=O)Nc1cccn(CC(=O)NC23CC(C2)C3)c1=O. The highest BCUT2D eigenvalue weighted by Crippen LogP contribution is 2.56. The summed E-state index contributed by atoms with van der Waals surface area (Å²) >= 11 is 0. The summed E-state index contributed by atoms with van der Waals surface area (Å²) in [6, 6.07) is 10.8. The van der Waals surface area contributed by atoms with Crippen LogP contribution in [-0.4, -0.2) is 49.2 Å². The lowest BCUT2D eigenvalue weighted by Crippen LogP contribution is -2.68. The molecule has 2 aromatic heterocycles. The maximum Gasteiger partial charge on any atom is 0.287 e. The zero-order chi connectivity index (χ0) is 29.0. The summed E-state index contributed by atoms with van der Waals surface area (Å²) in [5.74, 6) is -0.754. The van der Waals surface area contributed by atoms with Gasteiger partial charge >= 0.3 is 0 Å². The molecule has 11 nitrogen and oxygen atoms in total. The second kappa shape index (κ2) is 11.7. The Kier molecular flexibility index (Phi) is 7.95. The third-order valence-corrected chi connectivity index (χ3v) is 7.63. The van der Waals surface area contributed by atoms with Gasteiger partial charge < -0.3 is 25.1 Å². The summed E-state index contributed by atoms with van der Waals surface area (Å²) < 4.78 is 2.77. The van der Waals surface area contributed by atoms with Crippen molar-refractivity contribution in [3.05, 3.63) is 94.9 Å². The second-order valence-electron chi connectivity index (χ2n) is 10.7. The van der Waals surface area contributed by atoms with Crippen LogP contribution in [0.3, 0.4) is 0 Å². The van der Waals surface area contributed by atoms with E-state index in [1.165, 1.54) is 33.7 Å². The first-order chi connectivity index (χ1) is 19.7. The standard InChI is InChI=1S/C30H32N6O5/c1-35-15-13-31-26(35)28(40)32-22(10-5-6-12-24(37)21-8-3-2-4-9-21)27(39)33-23-11-7-14-36(29(23)41)19-25(38)34-30-16-20(17-30)18-30/h2-4,6-9,11-15,20,22H,5,10,16-19H2,1H3,(H,32,40)(H,33,39)(H,34,38)/b12-6+/t20?,22-,30?/m0/s1. The Balaban J connectivity index is 1.25. The summed E-state index contributed by atoms with van der Waals surface area (Å²) in [6.45, 7) is -0.158. The highest BCUT2D eigenvalue weighted by Gasteiger charge is 2.57. The molecule has 1 atom stereocenters. The maximum atomic E-state index is 13.3. The van der Waals surface area contributed by atoms with Crippen LogP contribution in [0.5, 0.6) is 0 Å². The molecule has 2 bridgehead atoms. The molecule has 6 rings (SSSR count). The van der Waals surface area contributed by atoms with Crippen molar-refractivity contribution in [1.82, 2.24) is 24.8 Å². The normalized spacial score (nSPS) is 19.5. The van der Waals surface area contributed by atoms with E-state index in [9.17, 15) is 24.0 Å². The first-order valence-corrected chi connectivity index (χ1v) is 13.6. The smallest absolute Gasteiger partial charge is 0.287 e. The van der Waals surface area contributed by atoms with Gasteiger partial charge in [-0.15, -0.1) is 0 Å². The topological polar surface area (TPSA) is 144 Å². The third kappa shape index (κ3) is 6.34. The molecule has 212 valence electrons. The van der Waals surface area contributed by atoms with E-state index in [4.69, 9.17) is 0 Å². The van der Waals surface area contributed by atoms with Crippen molar-refractivity contribution < 1.29 is 19.2 Å². The fourth-order valence-corrected chi connectivity index (χ4v) is 5.33.